The van der Waals surface area contributed by atoms with E-state index in [0.717, 1.165) is 6.20 Å². The Hall–Kier alpha value is -2.30. The lowest BCUT2D eigenvalue weighted by Crippen LogP contribution is -2.11. The van der Waals surface area contributed by atoms with E-state index in [4.69, 9.17) is 25.8 Å². The zero-order valence-corrected chi connectivity index (χ0v) is 13.1. The first kappa shape index (κ1) is 16.1. The van der Waals surface area contributed by atoms with Crippen molar-refractivity contribution in [3.8, 4) is 17.6 Å². The fourth-order valence-corrected chi connectivity index (χ4v) is 2.59. The third-order valence-corrected chi connectivity index (χ3v) is 4.00. The lowest BCUT2D eigenvalue weighted by molar-refractivity contribution is 0.327. The summed E-state index contributed by atoms with van der Waals surface area (Å²) in [5.41, 5.74) is 0.335. The Bertz CT molecular complexity index is 814. The van der Waals surface area contributed by atoms with E-state index in [1.807, 2.05) is 6.07 Å². The second-order valence-electron chi connectivity index (χ2n) is 4.06. The predicted molar refractivity (Wildman–Crippen MR) is 79.4 cm³/mol. The van der Waals surface area contributed by atoms with Gasteiger partial charge in [-0.2, -0.15) is 13.7 Å². The molecule has 0 atom stereocenters. The number of benzene rings is 1. The standard InChI is InChI=1S/C14H11ClN2O4S/c1-2-20-13-7-10(8-16)3-5-12(13)21-22(18,19)11-4-6-14(15)17-9-11/h3-7,9H,2H2,1H3. The van der Waals surface area contributed by atoms with Crippen molar-refractivity contribution < 1.29 is 17.3 Å². The summed E-state index contributed by atoms with van der Waals surface area (Å²) in [6, 6.07) is 8.79. The van der Waals surface area contributed by atoms with Crippen LogP contribution >= 0.6 is 11.6 Å². The number of aromatic nitrogens is 1. The van der Waals surface area contributed by atoms with Gasteiger partial charge in [0.2, 0.25) is 0 Å². The van der Waals surface area contributed by atoms with Gasteiger partial charge in [-0.05, 0) is 31.2 Å². The number of hydrogen-bond donors (Lipinski definition) is 0. The highest BCUT2D eigenvalue weighted by molar-refractivity contribution is 7.87. The van der Waals surface area contributed by atoms with Crippen LogP contribution in [0, 0.1) is 11.3 Å². The summed E-state index contributed by atoms with van der Waals surface area (Å²) >= 11 is 5.62. The second-order valence-corrected chi connectivity index (χ2v) is 5.99. The van der Waals surface area contributed by atoms with Crippen molar-refractivity contribution in [1.29, 1.82) is 5.26 Å². The smallest absolute Gasteiger partial charge is 0.340 e. The fourth-order valence-electron chi connectivity index (χ4n) is 1.59. The zero-order chi connectivity index (χ0) is 16.2. The molecule has 0 aliphatic rings. The number of nitriles is 1. The van der Waals surface area contributed by atoms with Gasteiger partial charge in [-0.15, -0.1) is 0 Å². The minimum atomic E-state index is -4.07. The monoisotopic (exact) mass is 338 g/mol. The van der Waals surface area contributed by atoms with Crippen LogP contribution in [0.15, 0.2) is 41.4 Å². The van der Waals surface area contributed by atoms with Gasteiger partial charge < -0.3 is 8.92 Å². The van der Waals surface area contributed by atoms with E-state index in [-0.39, 0.29) is 21.5 Å². The summed E-state index contributed by atoms with van der Waals surface area (Å²) in [5.74, 6) is 0.169. The fraction of sp³-hybridized carbons (Fsp3) is 0.143. The molecular weight excluding hydrogens is 328 g/mol. The maximum Gasteiger partial charge on any atom is 0.340 e. The number of rotatable bonds is 5. The van der Waals surface area contributed by atoms with Crippen molar-refractivity contribution in [1.82, 2.24) is 4.98 Å². The van der Waals surface area contributed by atoms with E-state index in [1.165, 1.54) is 30.3 Å². The molecule has 1 aromatic heterocycles. The molecule has 0 saturated heterocycles. The van der Waals surface area contributed by atoms with Crippen LogP contribution in [0.2, 0.25) is 5.15 Å². The molecule has 0 unspecified atom stereocenters. The summed E-state index contributed by atoms with van der Waals surface area (Å²) in [6.45, 7) is 2.04. The van der Waals surface area contributed by atoms with E-state index in [1.54, 1.807) is 6.92 Å². The molecule has 1 heterocycles. The largest absolute Gasteiger partial charge is 0.490 e. The number of pyridine rings is 1. The number of nitrogens with zero attached hydrogens (tertiary/aromatic N) is 2. The average molecular weight is 339 g/mol. The molecule has 0 spiro atoms. The van der Waals surface area contributed by atoms with Crippen molar-refractivity contribution in [2.24, 2.45) is 0 Å². The lowest BCUT2D eigenvalue weighted by atomic mass is 10.2. The van der Waals surface area contributed by atoms with Gasteiger partial charge in [-0.1, -0.05) is 11.6 Å². The third kappa shape index (κ3) is 3.67. The molecule has 0 radical (unpaired) electrons. The molecule has 0 amide bonds. The molecule has 0 N–H and O–H groups in total. The van der Waals surface area contributed by atoms with Crippen LogP contribution in [-0.2, 0) is 10.1 Å². The second kappa shape index (κ2) is 6.64. The van der Waals surface area contributed by atoms with Gasteiger partial charge in [0.25, 0.3) is 0 Å². The summed E-state index contributed by atoms with van der Waals surface area (Å²) in [5, 5.41) is 9.05. The van der Waals surface area contributed by atoms with Crippen LogP contribution in [-0.4, -0.2) is 20.0 Å². The van der Waals surface area contributed by atoms with Crippen molar-refractivity contribution in [2.75, 3.05) is 6.61 Å². The summed E-state index contributed by atoms with van der Waals surface area (Å²) in [7, 11) is -4.07. The van der Waals surface area contributed by atoms with E-state index in [9.17, 15) is 8.42 Å². The van der Waals surface area contributed by atoms with Crippen LogP contribution in [0.1, 0.15) is 12.5 Å². The Kier molecular flexibility index (Phi) is 4.85. The molecule has 22 heavy (non-hydrogen) atoms. The van der Waals surface area contributed by atoms with Crippen molar-refractivity contribution in [3.63, 3.8) is 0 Å². The van der Waals surface area contributed by atoms with Gasteiger partial charge in [0.1, 0.15) is 10.0 Å². The van der Waals surface area contributed by atoms with Crippen molar-refractivity contribution in [3.05, 3.63) is 47.2 Å². The quantitative estimate of drug-likeness (QED) is 0.615. The van der Waals surface area contributed by atoms with Gasteiger partial charge >= 0.3 is 10.1 Å². The lowest BCUT2D eigenvalue weighted by Gasteiger charge is -2.11. The zero-order valence-electron chi connectivity index (χ0n) is 11.5. The molecule has 2 aromatic rings. The minimum absolute atomic E-state index is 0.00389. The predicted octanol–water partition coefficient (Wildman–Crippen LogP) is 2.77. The van der Waals surface area contributed by atoms with Crippen LogP contribution in [0.4, 0.5) is 0 Å². The Morgan fingerprint density at radius 1 is 1.27 bits per heavy atom. The molecule has 0 bridgehead atoms. The molecule has 114 valence electrons. The van der Waals surface area contributed by atoms with Crippen LogP contribution in [0.25, 0.3) is 0 Å². The Labute approximate surface area is 133 Å². The molecule has 2 rings (SSSR count). The Balaban J connectivity index is 2.37. The highest BCUT2D eigenvalue weighted by Crippen LogP contribution is 2.31. The van der Waals surface area contributed by atoms with Gasteiger partial charge in [-0.3, -0.25) is 0 Å². The Morgan fingerprint density at radius 3 is 2.64 bits per heavy atom. The number of ether oxygens (including phenoxy) is 1. The Morgan fingerprint density at radius 2 is 2.05 bits per heavy atom. The van der Waals surface area contributed by atoms with Crippen molar-refractivity contribution in [2.45, 2.75) is 11.8 Å². The minimum Gasteiger partial charge on any atom is -0.490 e. The van der Waals surface area contributed by atoms with Crippen LogP contribution in [0.5, 0.6) is 11.5 Å². The first-order valence-electron chi connectivity index (χ1n) is 6.19. The molecule has 1 aromatic carbocycles. The number of hydrogen-bond acceptors (Lipinski definition) is 6. The van der Waals surface area contributed by atoms with Gasteiger partial charge in [-0.25, -0.2) is 4.98 Å². The number of halogens is 1. The molecular formula is C14H11ClN2O4S. The summed E-state index contributed by atoms with van der Waals surface area (Å²) in [6.07, 6.45) is 1.10. The van der Waals surface area contributed by atoms with Crippen LogP contribution < -0.4 is 8.92 Å². The SMILES string of the molecule is CCOc1cc(C#N)ccc1OS(=O)(=O)c1ccc(Cl)nc1. The first-order chi connectivity index (χ1) is 10.5. The van der Waals surface area contributed by atoms with E-state index >= 15 is 0 Å². The third-order valence-electron chi connectivity index (χ3n) is 2.56. The maximum atomic E-state index is 12.2. The molecule has 0 aliphatic carbocycles. The first-order valence-corrected chi connectivity index (χ1v) is 7.98. The molecule has 0 fully saturated rings. The van der Waals surface area contributed by atoms with E-state index < -0.39 is 10.1 Å². The normalized spacial score (nSPS) is 10.8. The highest BCUT2D eigenvalue weighted by Gasteiger charge is 2.20. The van der Waals surface area contributed by atoms with E-state index in [0.29, 0.717) is 12.2 Å². The van der Waals surface area contributed by atoms with Gasteiger partial charge in [0, 0.05) is 6.07 Å². The van der Waals surface area contributed by atoms with E-state index in [2.05, 4.69) is 4.98 Å². The highest BCUT2D eigenvalue weighted by atomic mass is 35.5. The van der Waals surface area contributed by atoms with Gasteiger partial charge in [0.05, 0.1) is 24.4 Å². The van der Waals surface area contributed by atoms with Crippen molar-refractivity contribution >= 4 is 21.7 Å². The van der Waals surface area contributed by atoms with Crippen LogP contribution in [0.3, 0.4) is 0 Å². The maximum absolute atomic E-state index is 12.2. The molecule has 6 nitrogen and oxygen atoms in total. The van der Waals surface area contributed by atoms with Gasteiger partial charge in [0.15, 0.2) is 11.5 Å². The molecule has 8 heteroatoms. The summed E-state index contributed by atoms with van der Waals surface area (Å²) in [4.78, 5) is 3.57. The topological polar surface area (TPSA) is 89.3 Å². The average Bonchev–Trinajstić information content (AvgIpc) is 2.49. The summed E-state index contributed by atoms with van der Waals surface area (Å²) < 4.78 is 34.8. The molecule has 0 aliphatic heterocycles. The molecule has 0 saturated carbocycles.